The highest BCUT2D eigenvalue weighted by Gasteiger charge is 2.40. The van der Waals surface area contributed by atoms with Crippen molar-refractivity contribution < 1.29 is 14.7 Å². The summed E-state index contributed by atoms with van der Waals surface area (Å²) in [6.07, 6.45) is 4.85. The number of carbonyl (C=O) groups is 2. The number of hydrogen-bond donors (Lipinski definition) is 1. The van der Waals surface area contributed by atoms with Crippen LogP contribution in [0.15, 0.2) is 0 Å². The molecule has 1 heterocycles. The van der Waals surface area contributed by atoms with Crippen LogP contribution in [0.2, 0.25) is 0 Å². The van der Waals surface area contributed by atoms with Gasteiger partial charge in [0.25, 0.3) is 0 Å². The van der Waals surface area contributed by atoms with Crippen molar-refractivity contribution in [3.8, 4) is 0 Å². The molecule has 0 aromatic heterocycles. The van der Waals surface area contributed by atoms with Gasteiger partial charge in [-0.3, -0.25) is 4.79 Å². The van der Waals surface area contributed by atoms with Gasteiger partial charge < -0.3 is 10.0 Å². The lowest BCUT2D eigenvalue weighted by atomic mass is 9.82. The third-order valence-electron chi connectivity index (χ3n) is 3.96. The van der Waals surface area contributed by atoms with Gasteiger partial charge in [-0.05, 0) is 31.1 Å². The molecule has 1 aliphatic carbocycles. The van der Waals surface area contributed by atoms with Gasteiger partial charge in [-0.25, -0.2) is 4.79 Å². The number of nitrogens with zero attached hydrogens (tertiary/aromatic N) is 1. The highest BCUT2D eigenvalue weighted by atomic mass is 16.4. The van der Waals surface area contributed by atoms with E-state index in [0.717, 1.165) is 19.3 Å². The first-order valence-electron chi connectivity index (χ1n) is 6.12. The molecule has 0 aromatic rings. The third-order valence-corrected chi connectivity index (χ3v) is 3.96. The van der Waals surface area contributed by atoms with Gasteiger partial charge in [0, 0.05) is 13.0 Å². The number of carboxylic acids is 1. The van der Waals surface area contributed by atoms with Crippen LogP contribution in [0.1, 0.15) is 39.0 Å². The second-order valence-corrected chi connectivity index (χ2v) is 5.14. The van der Waals surface area contributed by atoms with Crippen molar-refractivity contribution >= 4 is 11.9 Å². The minimum absolute atomic E-state index is 0.0430. The van der Waals surface area contributed by atoms with Crippen molar-refractivity contribution in [3.63, 3.8) is 0 Å². The third kappa shape index (κ3) is 2.06. The van der Waals surface area contributed by atoms with Crippen LogP contribution in [-0.4, -0.2) is 34.5 Å². The lowest BCUT2D eigenvalue weighted by Gasteiger charge is -2.29. The molecule has 1 amide bonds. The van der Waals surface area contributed by atoms with E-state index in [-0.39, 0.29) is 11.8 Å². The smallest absolute Gasteiger partial charge is 0.326 e. The first-order valence-corrected chi connectivity index (χ1v) is 6.12. The standard InChI is InChI=1S/C12H19NO3/c1-8-5-6-13(11(8)12(15)16)10(14)7-9-3-2-4-9/h8-9,11H,2-7H2,1H3,(H,15,16). The van der Waals surface area contributed by atoms with Crippen molar-refractivity contribution in [1.29, 1.82) is 0 Å². The monoisotopic (exact) mass is 225 g/mol. The van der Waals surface area contributed by atoms with Crippen molar-refractivity contribution in [2.24, 2.45) is 11.8 Å². The molecule has 2 atom stereocenters. The van der Waals surface area contributed by atoms with Crippen LogP contribution in [0, 0.1) is 11.8 Å². The van der Waals surface area contributed by atoms with E-state index in [1.807, 2.05) is 6.92 Å². The van der Waals surface area contributed by atoms with Gasteiger partial charge >= 0.3 is 5.97 Å². The molecular weight excluding hydrogens is 206 g/mol. The number of rotatable bonds is 3. The molecule has 2 unspecified atom stereocenters. The van der Waals surface area contributed by atoms with Crippen LogP contribution in [-0.2, 0) is 9.59 Å². The first-order chi connectivity index (χ1) is 7.59. The zero-order chi connectivity index (χ0) is 11.7. The van der Waals surface area contributed by atoms with E-state index in [1.165, 1.54) is 6.42 Å². The van der Waals surface area contributed by atoms with Crippen molar-refractivity contribution in [2.45, 2.75) is 45.1 Å². The van der Waals surface area contributed by atoms with Gasteiger partial charge in [0.15, 0.2) is 0 Å². The Morgan fingerprint density at radius 3 is 2.50 bits per heavy atom. The predicted octanol–water partition coefficient (Wildman–Crippen LogP) is 1.50. The Hall–Kier alpha value is -1.06. The first kappa shape index (κ1) is 11.4. The molecule has 4 nitrogen and oxygen atoms in total. The molecule has 1 saturated carbocycles. The average Bonchev–Trinajstić information content (AvgIpc) is 2.53. The molecular formula is C12H19NO3. The summed E-state index contributed by atoms with van der Waals surface area (Å²) in [7, 11) is 0. The summed E-state index contributed by atoms with van der Waals surface area (Å²) in [5.41, 5.74) is 0. The molecule has 2 aliphatic rings. The van der Waals surface area contributed by atoms with Crippen LogP contribution in [0.3, 0.4) is 0 Å². The minimum Gasteiger partial charge on any atom is -0.480 e. The molecule has 2 rings (SSSR count). The molecule has 4 heteroatoms. The van der Waals surface area contributed by atoms with Crippen LogP contribution in [0.25, 0.3) is 0 Å². The lowest BCUT2D eigenvalue weighted by molar-refractivity contribution is -0.150. The quantitative estimate of drug-likeness (QED) is 0.791. The molecule has 1 saturated heterocycles. The summed E-state index contributed by atoms with van der Waals surface area (Å²) in [6.45, 7) is 2.53. The van der Waals surface area contributed by atoms with Crippen molar-refractivity contribution in [3.05, 3.63) is 0 Å². The van der Waals surface area contributed by atoms with Gasteiger partial charge in [-0.1, -0.05) is 13.3 Å². The molecule has 0 radical (unpaired) electrons. The molecule has 16 heavy (non-hydrogen) atoms. The Bertz CT molecular complexity index is 299. The topological polar surface area (TPSA) is 57.6 Å². The van der Waals surface area contributed by atoms with Crippen LogP contribution < -0.4 is 0 Å². The fraction of sp³-hybridized carbons (Fsp3) is 0.833. The maximum atomic E-state index is 12.0. The van der Waals surface area contributed by atoms with Gasteiger partial charge in [0.1, 0.15) is 6.04 Å². The number of amides is 1. The molecule has 2 fully saturated rings. The Morgan fingerprint density at radius 1 is 1.31 bits per heavy atom. The summed E-state index contributed by atoms with van der Waals surface area (Å²) in [4.78, 5) is 24.6. The number of hydrogen-bond acceptors (Lipinski definition) is 2. The van der Waals surface area contributed by atoms with Crippen LogP contribution in [0.5, 0.6) is 0 Å². The van der Waals surface area contributed by atoms with Crippen molar-refractivity contribution in [1.82, 2.24) is 4.90 Å². The summed E-state index contributed by atoms with van der Waals surface area (Å²) < 4.78 is 0. The van der Waals surface area contributed by atoms with Gasteiger partial charge in [0.2, 0.25) is 5.91 Å². The molecule has 1 aliphatic heterocycles. The molecule has 0 bridgehead atoms. The number of carboxylic acid groups (broad SMARTS) is 1. The minimum atomic E-state index is -0.855. The Labute approximate surface area is 95.6 Å². The fourth-order valence-corrected chi connectivity index (χ4v) is 2.66. The zero-order valence-electron chi connectivity index (χ0n) is 9.69. The predicted molar refractivity (Wildman–Crippen MR) is 58.9 cm³/mol. The van der Waals surface area contributed by atoms with Crippen molar-refractivity contribution in [2.75, 3.05) is 6.54 Å². The van der Waals surface area contributed by atoms with Gasteiger partial charge in [0.05, 0.1) is 0 Å². The van der Waals surface area contributed by atoms with Gasteiger partial charge in [-0.15, -0.1) is 0 Å². The Balaban J connectivity index is 1.96. The molecule has 90 valence electrons. The lowest BCUT2D eigenvalue weighted by Crippen LogP contribution is -2.43. The number of aliphatic carboxylic acids is 1. The maximum absolute atomic E-state index is 12.0. The van der Waals surface area contributed by atoms with E-state index >= 15 is 0 Å². The van der Waals surface area contributed by atoms with Gasteiger partial charge in [-0.2, -0.15) is 0 Å². The zero-order valence-corrected chi connectivity index (χ0v) is 9.69. The summed E-state index contributed by atoms with van der Waals surface area (Å²) in [5, 5.41) is 9.11. The SMILES string of the molecule is CC1CCN(C(=O)CC2CCC2)C1C(=O)O. The fourth-order valence-electron chi connectivity index (χ4n) is 2.66. The summed E-state index contributed by atoms with van der Waals surface area (Å²) in [5.74, 6) is -0.214. The van der Waals surface area contributed by atoms with E-state index in [9.17, 15) is 9.59 Å². The van der Waals surface area contributed by atoms with Crippen LogP contribution in [0.4, 0.5) is 0 Å². The molecule has 1 N–H and O–H groups in total. The van der Waals surface area contributed by atoms with E-state index in [1.54, 1.807) is 4.90 Å². The number of likely N-dealkylation sites (tertiary alicyclic amines) is 1. The van der Waals surface area contributed by atoms with E-state index in [4.69, 9.17) is 5.11 Å². The normalized spacial score (nSPS) is 30.2. The Morgan fingerprint density at radius 2 is 2.00 bits per heavy atom. The summed E-state index contributed by atoms with van der Waals surface area (Å²) >= 11 is 0. The Kier molecular flexibility index (Phi) is 3.17. The second-order valence-electron chi connectivity index (χ2n) is 5.14. The molecule has 0 aromatic carbocycles. The second kappa shape index (κ2) is 4.44. The largest absolute Gasteiger partial charge is 0.480 e. The summed E-state index contributed by atoms with van der Waals surface area (Å²) in [6, 6.07) is -0.590. The average molecular weight is 225 g/mol. The van der Waals surface area contributed by atoms with E-state index in [2.05, 4.69) is 0 Å². The van der Waals surface area contributed by atoms with E-state index in [0.29, 0.717) is 18.9 Å². The maximum Gasteiger partial charge on any atom is 0.326 e. The van der Waals surface area contributed by atoms with Crippen LogP contribution >= 0.6 is 0 Å². The van der Waals surface area contributed by atoms with E-state index < -0.39 is 12.0 Å². The molecule has 0 spiro atoms. The highest BCUT2D eigenvalue weighted by molar-refractivity contribution is 5.84. The number of carbonyl (C=O) groups excluding carboxylic acids is 1. The highest BCUT2D eigenvalue weighted by Crippen LogP contribution is 2.32.